The topological polar surface area (TPSA) is 47.3 Å². The second-order valence-corrected chi connectivity index (χ2v) is 4.85. The van der Waals surface area contributed by atoms with Crippen molar-refractivity contribution in [2.24, 2.45) is 0 Å². The highest BCUT2D eigenvalue weighted by Gasteiger charge is 2.02. The molecule has 2 aromatic rings. The molecule has 0 saturated heterocycles. The Morgan fingerprint density at radius 3 is 2.86 bits per heavy atom. The first-order chi connectivity index (χ1) is 10.7. The van der Waals surface area contributed by atoms with E-state index in [2.05, 4.69) is 15.8 Å². The molecule has 3 N–H and O–H groups in total. The van der Waals surface area contributed by atoms with Crippen LogP contribution >= 0.6 is 12.2 Å². The minimum atomic E-state index is -0.267. The average Bonchev–Trinajstić information content (AvgIpc) is 2.54. The molecular formula is C16H17FN3OS+. The summed E-state index contributed by atoms with van der Waals surface area (Å²) in [5.74, 6) is 0.395. The molecule has 2 aromatic carbocycles. The van der Waals surface area contributed by atoms with Crippen LogP contribution in [0, 0.1) is 5.82 Å². The van der Waals surface area contributed by atoms with Crippen molar-refractivity contribution in [2.45, 2.75) is 6.61 Å². The van der Waals surface area contributed by atoms with E-state index in [1.165, 1.54) is 6.07 Å². The Hall–Kier alpha value is -2.47. The first kappa shape index (κ1) is 15.9. The van der Waals surface area contributed by atoms with Gasteiger partial charge in [-0.25, -0.2) is 4.39 Å². The van der Waals surface area contributed by atoms with Crippen molar-refractivity contribution in [1.29, 1.82) is 0 Å². The normalized spacial score (nSPS) is 10.5. The largest absolute Gasteiger partial charge is 0.489 e. The van der Waals surface area contributed by atoms with Gasteiger partial charge in [-0.05, 0) is 36.5 Å². The lowest BCUT2D eigenvalue weighted by Gasteiger charge is -2.07. The minimum absolute atomic E-state index is 0.186. The Morgan fingerprint density at radius 2 is 2.09 bits per heavy atom. The lowest BCUT2D eigenvalue weighted by molar-refractivity contribution is -0.500. The number of ether oxygens (including phenoxy) is 1. The summed E-state index contributed by atoms with van der Waals surface area (Å²) >= 11 is 4.94. The van der Waals surface area contributed by atoms with Gasteiger partial charge in [0.1, 0.15) is 18.2 Å². The number of benzene rings is 2. The number of halogens is 1. The van der Waals surface area contributed by atoms with E-state index in [-0.39, 0.29) is 12.4 Å². The molecule has 0 amide bonds. The van der Waals surface area contributed by atoms with Crippen molar-refractivity contribution >= 4 is 23.5 Å². The van der Waals surface area contributed by atoms with Crippen molar-refractivity contribution in [2.75, 3.05) is 7.05 Å². The van der Waals surface area contributed by atoms with Gasteiger partial charge < -0.3 is 10.1 Å². The second kappa shape index (κ2) is 8.09. The minimum Gasteiger partial charge on any atom is -0.489 e. The Labute approximate surface area is 134 Å². The number of nitrogens with one attached hydrogen (secondary N) is 3. The Bertz CT molecular complexity index is 676. The number of hydrazone groups is 1. The van der Waals surface area contributed by atoms with Crippen LogP contribution in [0.4, 0.5) is 4.39 Å². The van der Waals surface area contributed by atoms with E-state index in [1.54, 1.807) is 31.5 Å². The van der Waals surface area contributed by atoms with Crippen LogP contribution in [0.1, 0.15) is 11.1 Å². The first-order valence-electron chi connectivity index (χ1n) is 6.72. The maximum Gasteiger partial charge on any atom is 0.223 e. The highest BCUT2D eigenvalue weighted by molar-refractivity contribution is 7.80. The molecule has 114 valence electrons. The predicted octanol–water partition coefficient (Wildman–Crippen LogP) is 0.913. The van der Waals surface area contributed by atoms with Crippen LogP contribution in [0.2, 0.25) is 0 Å². The molecule has 0 fully saturated rings. The molecule has 2 rings (SSSR count). The van der Waals surface area contributed by atoms with Crippen LogP contribution in [0.25, 0.3) is 0 Å². The molecule has 4 nitrogen and oxygen atoms in total. The molecule has 0 unspecified atom stereocenters. The van der Waals surface area contributed by atoms with Gasteiger partial charge in [-0.15, -0.1) is 10.5 Å². The van der Waals surface area contributed by atoms with E-state index < -0.39 is 0 Å². The van der Waals surface area contributed by atoms with Gasteiger partial charge in [0, 0.05) is 18.2 Å². The lowest BCUT2D eigenvalue weighted by Crippen LogP contribution is -2.82. The van der Waals surface area contributed by atoms with E-state index in [1.807, 2.05) is 24.3 Å². The zero-order chi connectivity index (χ0) is 15.8. The van der Waals surface area contributed by atoms with Crippen LogP contribution in [-0.2, 0) is 6.61 Å². The Balaban J connectivity index is 1.97. The third-order valence-electron chi connectivity index (χ3n) is 2.86. The zero-order valence-corrected chi connectivity index (χ0v) is 12.9. The fourth-order valence-corrected chi connectivity index (χ4v) is 1.78. The molecule has 0 heterocycles. The fourth-order valence-electron chi connectivity index (χ4n) is 1.72. The summed E-state index contributed by atoms with van der Waals surface area (Å²) in [5, 5.41) is 6.14. The van der Waals surface area contributed by atoms with Gasteiger partial charge in [-0.2, -0.15) is 0 Å². The highest BCUT2D eigenvalue weighted by atomic mass is 32.1. The van der Waals surface area contributed by atoms with Crippen LogP contribution in [0.3, 0.4) is 0 Å². The SMILES string of the molecule is CNC(=S)N[NH+]=Cc1cccc(OCc2ccccc2F)c1. The standard InChI is InChI=1S/C16H16FN3OS/c1-18-16(22)20-19-10-12-5-4-7-14(9-12)21-11-13-6-2-3-8-15(13)17/h2-10H,11H2,1H3,(H2,18,20,22)/p+1. The lowest BCUT2D eigenvalue weighted by atomic mass is 10.2. The van der Waals surface area contributed by atoms with Gasteiger partial charge in [0.05, 0.1) is 0 Å². The van der Waals surface area contributed by atoms with Crippen LogP contribution < -0.4 is 20.6 Å². The number of thiocarbonyl (C=S) groups is 1. The fraction of sp³-hybridized carbons (Fsp3) is 0.125. The third-order valence-corrected chi connectivity index (χ3v) is 3.17. The highest BCUT2D eigenvalue weighted by Crippen LogP contribution is 2.15. The molecule has 22 heavy (non-hydrogen) atoms. The molecule has 0 bridgehead atoms. The summed E-state index contributed by atoms with van der Waals surface area (Å²) in [5.41, 5.74) is 4.21. The van der Waals surface area contributed by atoms with E-state index in [9.17, 15) is 4.39 Å². The summed E-state index contributed by atoms with van der Waals surface area (Å²) < 4.78 is 19.1. The van der Waals surface area contributed by atoms with Crippen LogP contribution in [0.5, 0.6) is 5.75 Å². The van der Waals surface area contributed by atoms with Crippen molar-refractivity contribution in [3.05, 3.63) is 65.5 Å². The van der Waals surface area contributed by atoms with Gasteiger partial charge in [0.25, 0.3) is 0 Å². The maximum absolute atomic E-state index is 13.5. The molecule has 0 aliphatic carbocycles. The average molecular weight is 318 g/mol. The summed E-state index contributed by atoms with van der Waals surface area (Å²) in [4.78, 5) is 0. The molecule has 0 radical (unpaired) electrons. The Kier molecular flexibility index (Phi) is 5.85. The van der Waals surface area contributed by atoms with Crippen LogP contribution in [0.15, 0.2) is 48.5 Å². The summed E-state index contributed by atoms with van der Waals surface area (Å²) in [6.45, 7) is 0.186. The monoisotopic (exact) mass is 318 g/mol. The Morgan fingerprint density at radius 1 is 1.27 bits per heavy atom. The maximum atomic E-state index is 13.5. The predicted molar refractivity (Wildman–Crippen MR) is 88.1 cm³/mol. The molecule has 0 aliphatic heterocycles. The molecule has 0 aliphatic rings. The summed E-state index contributed by atoms with van der Waals surface area (Å²) in [7, 11) is 1.73. The molecule has 6 heteroatoms. The zero-order valence-electron chi connectivity index (χ0n) is 12.1. The molecule has 0 spiro atoms. The summed E-state index contributed by atoms with van der Waals surface area (Å²) in [6.07, 6.45) is 1.75. The quantitative estimate of drug-likeness (QED) is 0.436. The van der Waals surface area contributed by atoms with Crippen molar-refractivity contribution < 1.29 is 14.2 Å². The molecule has 0 atom stereocenters. The number of hydrazine groups is 1. The third kappa shape index (κ3) is 4.82. The summed E-state index contributed by atoms with van der Waals surface area (Å²) in [6, 6.07) is 14.0. The van der Waals surface area contributed by atoms with E-state index in [0.29, 0.717) is 16.4 Å². The van der Waals surface area contributed by atoms with E-state index >= 15 is 0 Å². The van der Waals surface area contributed by atoms with Gasteiger partial charge in [-0.1, -0.05) is 24.3 Å². The van der Waals surface area contributed by atoms with Crippen molar-refractivity contribution in [1.82, 2.24) is 10.7 Å². The second-order valence-electron chi connectivity index (χ2n) is 4.45. The van der Waals surface area contributed by atoms with Gasteiger partial charge in [0.15, 0.2) is 6.21 Å². The first-order valence-corrected chi connectivity index (χ1v) is 7.12. The van der Waals surface area contributed by atoms with Crippen molar-refractivity contribution in [3.8, 4) is 5.75 Å². The van der Waals surface area contributed by atoms with E-state index in [4.69, 9.17) is 17.0 Å². The van der Waals surface area contributed by atoms with Gasteiger partial charge >= 0.3 is 0 Å². The molecule has 0 aromatic heterocycles. The molecule has 0 saturated carbocycles. The number of hydrogen-bond acceptors (Lipinski definition) is 2. The molecular weight excluding hydrogens is 301 g/mol. The van der Waals surface area contributed by atoms with Gasteiger partial charge in [0.2, 0.25) is 5.11 Å². The van der Waals surface area contributed by atoms with Gasteiger partial charge in [-0.3, -0.25) is 0 Å². The van der Waals surface area contributed by atoms with Crippen molar-refractivity contribution in [3.63, 3.8) is 0 Å². The van der Waals surface area contributed by atoms with E-state index in [0.717, 1.165) is 5.56 Å². The smallest absolute Gasteiger partial charge is 0.223 e. The number of hydrogen-bond donors (Lipinski definition) is 3. The van der Waals surface area contributed by atoms with Crippen LogP contribution in [-0.4, -0.2) is 18.4 Å². The number of rotatable bonds is 5.